The number of carboxylic acid groups (broad SMARTS) is 1. The van der Waals surface area contributed by atoms with E-state index in [0.29, 0.717) is 4.88 Å². The number of benzene rings is 1. The Morgan fingerprint density at radius 1 is 1.28 bits per heavy atom. The summed E-state index contributed by atoms with van der Waals surface area (Å²) in [5.41, 5.74) is -0.174. The number of carboxylic acids is 1. The monoisotopic (exact) mass is 273 g/mol. The number of rotatable bonds is 2. The molecule has 1 aromatic carbocycles. The minimum atomic E-state index is -1.56. The maximum absolute atomic E-state index is 13.0. The molecule has 2 aromatic rings. The third kappa shape index (κ3) is 2.08. The van der Waals surface area contributed by atoms with Gasteiger partial charge in [-0.15, -0.1) is 11.3 Å². The van der Waals surface area contributed by atoms with Crippen LogP contribution in [0.15, 0.2) is 12.1 Å². The van der Waals surface area contributed by atoms with Crippen molar-refractivity contribution in [3.8, 4) is 10.6 Å². The minimum absolute atomic E-state index is 0.00648. The Labute approximate surface area is 104 Å². The zero-order valence-corrected chi connectivity index (χ0v) is 9.82. The van der Waals surface area contributed by atoms with Crippen LogP contribution in [-0.4, -0.2) is 16.1 Å². The van der Waals surface area contributed by atoms with Crippen LogP contribution < -0.4 is 0 Å². The molecular formula is C11H6F3NO2S. The lowest BCUT2D eigenvalue weighted by Crippen LogP contribution is -1.98. The van der Waals surface area contributed by atoms with Crippen LogP contribution in [0, 0.1) is 24.4 Å². The molecule has 0 fully saturated rings. The highest BCUT2D eigenvalue weighted by molar-refractivity contribution is 7.15. The number of hydrogen-bond acceptors (Lipinski definition) is 3. The van der Waals surface area contributed by atoms with Gasteiger partial charge in [-0.3, -0.25) is 0 Å². The Morgan fingerprint density at radius 3 is 2.28 bits per heavy atom. The average molecular weight is 273 g/mol. The molecule has 0 bridgehead atoms. The molecule has 0 aliphatic heterocycles. The maximum atomic E-state index is 13.0. The van der Waals surface area contributed by atoms with E-state index in [2.05, 4.69) is 4.98 Å². The van der Waals surface area contributed by atoms with Gasteiger partial charge in [-0.25, -0.2) is 22.9 Å². The summed E-state index contributed by atoms with van der Waals surface area (Å²) >= 11 is 0.971. The zero-order chi connectivity index (χ0) is 13.4. The molecule has 0 unspecified atom stereocenters. The van der Waals surface area contributed by atoms with Crippen molar-refractivity contribution >= 4 is 17.3 Å². The molecule has 1 N–H and O–H groups in total. The highest BCUT2D eigenvalue weighted by atomic mass is 32.1. The van der Waals surface area contributed by atoms with Crippen molar-refractivity contribution in [1.82, 2.24) is 4.98 Å². The van der Waals surface area contributed by atoms with Gasteiger partial charge in [-0.1, -0.05) is 0 Å². The van der Waals surface area contributed by atoms with Gasteiger partial charge in [-0.05, 0) is 19.1 Å². The van der Waals surface area contributed by atoms with Crippen LogP contribution in [0.1, 0.15) is 15.4 Å². The van der Waals surface area contributed by atoms with E-state index in [-0.39, 0.29) is 16.3 Å². The first-order valence-corrected chi connectivity index (χ1v) is 5.57. The normalized spacial score (nSPS) is 10.7. The number of hydrogen-bond donors (Lipinski definition) is 1. The average Bonchev–Trinajstić information content (AvgIpc) is 2.67. The molecule has 3 nitrogen and oxygen atoms in total. The van der Waals surface area contributed by atoms with E-state index in [1.807, 2.05) is 0 Å². The predicted molar refractivity (Wildman–Crippen MR) is 59.1 cm³/mol. The summed E-state index contributed by atoms with van der Waals surface area (Å²) in [6.45, 7) is 1.53. The fraction of sp³-hybridized carbons (Fsp3) is 0.0909. The molecule has 1 heterocycles. The van der Waals surface area contributed by atoms with Crippen molar-refractivity contribution in [2.45, 2.75) is 6.92 Å². The molecule has 0 atom stereocenters. The van der Waals surface area contributed by atoms with Gasteiger partial charge in [-0.2, -0.15) is 0 Å². The molecule has 0 aliphatic carbocycles. The topological polar surface area (TPSA) is 50.2 Å². The fourth-order valence-electron chi connectivity index (χ4n) is 1.40. The van der Waals surface area contributed by atoms with Crippen LogP contribution in [0.5, 0.6) is 0 Å². The van der Waals surface area contributed by atoms with Crippen molar-refractivity contribution in [1.29, 1.82) is 0 Å². The standard InChI is InChI=1S/C11H6F3NO2S/c1-4-9(11(16)17)15-10(18-4)5-2-6(12)8(14)7(13)3-5/h2-3H,1H3,(H,16,17). The first-order chi connectivity index (χ1) is 8.40. The highest BCUT2D eigenvalue weighted by Crippen LogP contribution is 2.29. The lowest BCUT2D eigenvalue weighted by molar-refractivity contribution is 0.0690. The second-order valence-corrected chi connectivity index (χ2v) is 4.69. The molecule has 1 aromatic heterocycles. The fourth-order valence-corrected chi connectivity index (χ4v) is 2.29. The van der Waals surface area contributed by atoms with Crippen molar-refractivity contribution in [2.24, 2.45) is 0 Å². The SMILES string of the molecule is Cc1sc(-c2cc(F)c(F)c(F)c2)nc1C(=O)O. The molecule has 0 saturated heterocycles. The minimum Gasteiger partial charge on any atom is -0.476 e. The van der Waals surface area contributed by atoms with Gasteiger partial charge in [0.05, 0.1) is 0 Å². The molecule has 0 amide bonds. The van der Waals surface area contributed by atoms with E-state index in [1.54, 1.807) is 0 Å². The Bertz CT molecular complexity index is 616. The third-order valence-electron chi connectivity index (χ3n) is 2.23. The smallest absolute Gasteiger partial charge is 0.355 e. The molecule has 2 rings (SSSR count). The summed E-state index contributed by atoms with van der Waals surface area (Å²) in [7, 11) is 0. The van der Waals surface area contributed by atoms with Crippen molar-refractivity contribution in [2.75, 3.05) is 0 Å². The van der Waals surface area contributed by atoms with Crippen molar-refractivity contribution in [3.63, 3.8) is 0 Å². The lowest BCUT2D eigenvalue weighted by atomic mass is 10.2. The molecular weight excluding hydrogens is 267 g/mol. The Morgan fingerprint density at radius 2 is 1.83 bits per heavy atom. The number of aromatic carboxylic acids is 1. The van der Waals surface area contributed by atoms with E-state index in [9.17, 15) is 18.0 Å². The number of carbonyl (C=O) groups is 1. The predicted octanol–water partition coefficient (Wildman–Crippen LogP) is 3.23. The van der Waals surface area contributed by atoms with Gasteiger partial charge in [0.2, 0.25) is 0 Å². The summed E-state index contributed by atoms with van der Waals surface area (Å²) in [6, 6.07) is 1.56. The number of aromatic nitrogens is 1. The summed E-state index contributed by atoms with van der Waals surface area (Å²) in [4.78, 5) is 15.0. The van der Waals surface area contributed by atoms with Crippen LogP contribution in [0.3, 0.4) is 0 Å². The lowest BCUT2D eigenvalue weighted by Gasteiger charge is -1.99. The molecule has 0 radical (unpaired) electrons. The summed E-state index contributed by atoms with van der Waals surface area (Å²) in [5, 5.41) is 8.94. The third-order valence-corrected chi connectivity index (χ3v) is 3.25. The first-order valence-electron chi connectivity index (χ1n) is 4.75. The van der Waals surface area contributed by atoms with Crippen LogP contribution in [-0.2, 0) is 0 Å². The number of thiazole rings is 1. The molecule has 94 valence electrons. The zero-order valence-electron chi connectivity index (χ0n) is 9.00. The highest BCUT2D eigenvalue weighted by Gasteiger charge is 2.18. The van der Waals surface area contributed by atoms with E-state index < -0.39 is 23.4 Å². The quantitative estimate of drug-likeness (QED) is 0.854. The maximum Gasteiger partial charge on any atom is 0.355 e. The largest absolute Gasteiger partial charge is 0.476 e. The van der Waals surface area contributed by atoms with Gasteiger partial charge in [0.15, 0.2) is 23.1 Å². The first kappa shape index (κ1) is 12.6. The van der Waals surface area contributed by atoms with E-state index in [0.717, 1.165) is 23.5 Å². The Kier molecular flexibility index (Phi) is 3.08. The van der Waals surface area contributed by atoms with Crippen LogP contribution >= 0.6 is 11.3 Å². The number of nitrogens with zero attached hydrogens (tertiary/aromatic N) is 1. The molecule has 18 heavy (non-hydrogen) atoms. The van der Waals surface area contributed by atoms with E-state index in [1.165, 1.54) is 6.92 Å². The summed E-state index contributed by atoms with van der Waals surface area (Å²) in [5.74, 6) is -5.46. The second kappa shape index (κ2) is 4.41. The van der Waals surface area contributed by atoms with Gasteiger partial charge < -0.3 is 5.11 Å². The molecule has 0 spiro atoms. The van der Waals surface area contributed by atoms with E-state index in [4.69, 9.17) is 5.11 Å². The van der Waals surface area contributed by atoms with Gasteiger partial charge in [0.25, 0.3) is 0 Å². The Hall–Kier alpha value is -1.89. The number of aryl methyl sites for hydroxylation is 1. The van der Waals surface area contributed by atoms with Gasteiger partial charge >= 0.3 is 5.97 Å². The summed E-state index contributed by atoms with van der Waals surface area (Å²) in [6.07, 6.45) is 0. The molecule has 7 heteroatoms. The van der Waals surface area contributed by atoms with Crippen molar-refractivity contribution < 1.29 is 23.1 Å². The second-order valence-electron chi connectivity index (χ2n) is 3.48. The molecule has 0 saturated carbocycles. The van der Waals surface area contributed by atoms with Crippen LogP contribution in [0.2, 0.25) is 0 Å². The molecule has 0 aliphatic rings. The van der Waals surface area contributed by atoms with Crippen molar-refractivity contribution in [3.05, 3.63) is 40.2 Å². The number of halogens is 3. The van der Waals surface area contributed by atoms with Crippen LogP contribution in [0.4, 0.5) is 13.2 Å². The summed E-state index contributed by atoms with van der Waals surface area (Å²) < 4.78 is 38.9. The van der Waals surface area contributed by atoms with Crippen LogP contribution in [0.25, 0.3) is 10.6 Å². The van der Waals surface area contributed by atoms with Gasteiger partial charge in [0.1, 0.15) is 5.01 Å². The van der Waals surface area contributed by atoms with E-state index >= 15 is 0 Å². The van der Waals surface area contributed by atoms with Gasteiger partial charge in [0, 0.05) is 10.4 Å². The Balaban J connectivity index is 2.56.